The molecule has 0 spiro atoms. The summed E-state index contributed by atoms with van der Waals surface area (Å²) in [4.78, 5) is 10.6. The molecule has 25 heavy (non-hydrogen) atoms. The average Bonchev–Trinajstić information content (AvgIpc) is 3.28. The highest BCUT2D eigenvalue weighted by Crippen LogP contribution is 2.45. The molecule has 0 bridgehead atoms. The second kappa shape index (κ2) is 6.87. The van der Waals surface area contributed by atoms with Crippen LogP contribution in [-0.2, 0) is 0 Å². The van der Waals surface area contributed by atoms with Crippen molar-refractivity contribution in [1.29, 1.82) is 0 Å². The number of H-pyrrole nitrogens is 1. The molecule has 132 valence electrons. The van der Waals surface area contributed by atoms with E-state index in [1.54, 1.807) is 0 Å². The van der Waals surface area contributed by atoms with Crippen molar-refractivity contribution in [3.63, 3.8) is 0 Å². The van der Waals surface area contributed by atoms with Crippen LogP contribution in [0.1, 0.15) is 60.4 Å². The van der Waals surface area contributed by atoms with E-state index in [4.69, 9.17) is 12.2 Å². The van der Waals surface area contributed by atoms with Crippen molar-refractivity contribution in [2.24, 2.45) is 0 Å². The second-order valence-corrected chi connectivity index (χ2v) is 8.54. The molecule has 4 nitrogen and oxygen atoms in total. The molecule has 0 amide bonds. The highest BCUT2D eigenvalue weighted by Gasteiger charge is 2.45. The van der Waals surface area contributed by atoms with Gasteiger partial charge in [0.2, 0.25) is 0 Å². The minimum Gasteiger partial charge on any atom is -0.362 e. The van der Waals surface area contributed by atoms with Gasteiger partial charge in [0.15, 0.2) is 5.11 Å². The highest BCUT2D eigenvalue weighted by atomic mass is 127. The van der Waals surface area contributed by atoms with Crippen molar-refractivity contribution in [2.45, 2.75) is 57.7 Å². The summed E-state index contributed by atoms with van der Waals surface area (Å²) in [5.74, 6) is 0. The predicted octanol–water partition coefficient (Wildman–Crippen LogP) is 4.55. The number of aryl methyl sites for hydroxylation is 2. The standard InChI is InChI=1S/C19H23IN4S/c1-11-15(16(20)12(2)22-11)18-17(14-9-5-6-10-21-14)23-19(25)24(18)13-7-3-4-8-13/h5-6,9-10,13,17-18,22H,3-4,7-8H2,1-2H3,(H,23,25)/t17-,18-/m0/s1. The third kappa shape index (κ3) is 2.97. The van der Waals surface area contributed by atoms with Gasteiger partial charge in [-0.3, -0.25) is 4.98 Å². The molecule has 1 saturated carbocycles. The molecule has 1 aliphatic carbocycles. The zero-order chi connectivity index (χ0) is 17.6. The van der Waals surface area contributed by atoms with E-state index in [1.165, 1.54) is 46.2 Å². The van der Waals surface area contributed by atoms with E-state index in [9.17, 15) is 0 Å². The molecule has 1 aliphatic heterocycles. The minimum atomic E-state index is 0.0942. The first-order chi connectivity index (χ1) is 12.1. The fraction of sp³-hybridized carbons (Fsp3) is 0.474. The van der Waals surface area contributed by atoms with E-state index in [0.717, 1.165) is 10.8 Å². The molecule has 6 heteroatoms. The predicted molar refractivity (Wildman–Crippen MR) is 113 cm³/mol. The summed E-state index contributed by atoms with van der Waals surface area (Å²) >= 11 is 8.27. The Morgan fingerprint density at radius 3 is 2.56 bits per heavy atom. The third-order valence-electron chi connectivity index (χ3n) is 5.49. The van der Waals surface area contributed by atoms with E-state index in [2.05, 4.69) is 68.8 Å². The molecule has 2 N–H and O–H groups in total. The molecule has 4 rings (SSSR count). The maximum absolute atomic E-state index is 5.80. The Morgan fingerprint density at radius 2 is 1.96 bits per heavy atom. The molecule has 0 unspecified atom stereocenters. The van der Waals surface area contributed by atoms with Gasteiger partial charge < -0.3 is 15.2 Å². The Balaban J connectivity index is 1.83. The van der Waals surface area contributed by atoms with Gasteiger partial charge in [-0.1, -0.05) is 18.9 Å². The lowest BCUT2D eigenvalue weighted by Crippen LogP contribution is -2.37. The average molecular weight is 466 g/mol. The first-order valence-corrected chi connectivity index (χ1v) is 10.4. The van der Waals surface area contributed by atoms with Gasteiger partial charge in [0.25, 0.3) is 0 Å². The molecule has 2 aromatic rings. The van der Waals surface area contributed by atoms with Crippen molar-refractivity contribution >= 4 is 39.9 Å². The summed E-state index contributed by atoms with van der Waals surface area (Å²) in [6, 6.07) is 6.95. The fourth-order valence-electron chi connectivity index (χ4n) is 4.37. The molecular formula is C19H23IN4S. The minimum absolute atomic E-state index is 0.0942. The molecule has 2 fully saturated rings. The Kier molecular flexibility index (Phi) is 4.75. The number of nitrogens with one attached hydrogen (secondary N) is 2. The molecule has 0 radical (unpaired) electrons. The molecule has 2 aliphatic rings. The fourth-order valence-corrected chi connectivity index (χ4v) is 5.62. The van der Waals surface area contributed by atoms with Crippen molar-refractivity contribution < 1.29 is 0 Å². The van der Waals surface area contributed by atoms with Crippen LogP contribution in [0.25, 0.3) is 0 Å². The number of rotatable bonds is 3. The SMILES string of the molecule is Cc1[nH]c(C)c([C@H]2[C@H](c3ccccn3)NC(=S)N2C2CCCC2)c1I. The summed E-state index contributed by atoms with van der Waals surface area (Å²) in [5, 5.41) is 4.46. The molecule has 1 saturated heterocycles. The molecule has 0 aromatic carbocycles. The number of pyridine rings is 1. The number of nitrogens with zero attached hydrogens (tertiary/aromatic N) is 2. The maximum Gasteiger partial charge on any atom is 0.170 e. The summed E-state index contributed by atoms with van der Waals surface area (Å²) in [7, 11) is 0. The van der Waals surface area contributed by atoms with E-state index >= 15 is 0 Å². The van der Waals surface area contributed by atoms with Gasteiger partial charge in [-0.05, 0) is 73.6 Å². The van der Waals surface area contributed by atoms with Crippen LogP contribution in [0.5, 0.6) is 0 Å². The molecule has 3 heterocycles. The Labute approximate surface area is 167 Å². The van der Waals surface area contributed by atoms with E-state index in [-0.39, 0.29) is 12.1 Å². The van der Waals surface area contributed by atoms with Gasteiger partial charge in [-0.25, -0.2) is 0 Å². The zero-order valence-corrected chi connectivity index (χ0v) is 17.5. The first kappa shape index (κ1) is 17.3. The van der Waals surface area contributed by atoms with Gasteiger partial charge in [0, 0.05) is 32.8 Å². The van der Waals surface area contributed by atoms with Crippen LogP contribution < -0.4 is 5.32 Å². The van der Waals surface area contributed by atoms with Crippen molar-refractivity contribution in [3.8, 4) is 0 Å². The van der Waals surface area contributed by atoms with E-state index in [0.29, 0.717) is 6.04 Å². The normalized spacial score (nSPS) is 24.1. The summed E-state index contributed by atoms with van der Waals surface area (Å²) in [6.07, 6.45) is 6.92. The lowest BCUT2D eigenvalue weighted by Gasteiger charge is -2.33. The number of hydrogen-bond acceptors (Lipinski definition) is 2. The zero-order valence-electron chi connectivity index (χ0n) is 14.6. The van der Waals surface area contributed by atoms with Crippen LogP contribution in [0, 0.1) is 17.4 Å². The van der Waals surface area contributed by atoms with E-state index in [1.807, 2.05) is 12.3 Å². The van der Waals surface area contributed by atoms with Crippen LogP contribution in [-0.4, -0.2) is 26.0 Å². The topological polar surface area (TPSA) is 44.0 Å². The Hall–Kier alpha value is -1.15. The lowest BCUT2D eigenvalue weighted by molar-refractivity contribution is 0.244. The van der Waals surface area contributed by atoms with Gasteiger partial charge in [-0.15, -0.1) is 0 Å². The number of aromatic nitrogens is 2. The largest absolute Gasteiger partial charge is 0.362 e. The monoisotopic (exact) mass is 466 g/mol. The first-order valence-electron chi connectivity index (χ1n) is 8.92. The number of halogens is 1. The maximum atomic E-state index is 5.80. The molecule has 2 atom stereocenters. The van der Waals surface area contributed by atoms with Gasteiger partial charge in [0.1, 0.15) is 0 Å². The van der Waals surface area contributed by atoms with Crippen molar-refractivity contribution in [2.75, 3.05) is 0 Å². The van der Waals surface area contributed by atoms with E-state index < -0.39 is 0 Å². The quantitative estimate of drug-likeness (QED) is 0.515. The lowest BCUT2D eigenvalue weighted by atomic mass is 9.95. The summed E-state index contributed by atoms with van der Waals surface area (Å²) < 4.78 is 1.32. The summed E-state index contributed by atoms with van der Waals surface area (Å²) in [5.41, 5.74) is 4.90. The Bertz CT molecular complexity index is 782. The summed E-state index contributed by atoms with van der Waals surface area (Å²) in [6.45, 7) is 4.32. The van der Waals surface area contributed by atoms with Gasteiger partial charge in [0.05, 0.1) is 17.8 Å². The Morgan fingerprint density at radius 1 is 1.20 bits per heavy atom. The number of thiocarbonyl (C=S) groups is 1. The number of aromatic amines is 1. The number of hydrogen-bond donors (Lipinski definition) is 2. The van der Waals surface area contributed by atoms with Crippen LogP contribution in [0.2, 0.25) is 0 Å². The van der Waals surface area contributed by atoms with Crippen molar-refractivity contribution in [1.82, 2.24) is 20.2 Å². The highest BCUT2D eigenvalue weighted by molar-refractivity contribution is 14.1. The molecule has 2 aromatic heterocycles. The van der Waals surface area contributed by atoms with Crippen LogP contribution >= 0.6 is 34.8 Å². The second-order valence-electron chi connectivity index (χ2n) is 7.07. The van der Waals surface area contributed by atoms with Crippen LogP contribution in [0.3, 0.4) is 0 Å². The van der Waals surface area contributed by atoms with Crippen molar-refractivity contribution in [3.05, 3.63) is 50.6 Å². The smallest absolute Gasteiger partial charge is 0.170 e. The van der Waals surface area contributed by atoms with Crippen LogP contribution in [0.15, 0.2) is 24.4 Å². The van der Waals surface area contributed by atoms with Gasteiger partial charge >= 0.3 is 0 Å². The van der Waals surface area contributed by atoms with Gasteiger partial charge in [-0.2, -0.15) is 0 Å². The van der Waals surface area contributed by atoms with Crippen LogP contribution in [0.4, 0.5) is 0 Å². The third-order valence-corrected chi connectivity index (χ3v) is 7.21. The molecular weight excluding hydrogens is 443 g/mol.